The lowest BCUT2D eigenvalue weighted by Gasteiger charge is -2.58. The summed E-state index contributed by atoms with van der Waals surface area (Å²) in [6.45, 7) is 1.47. The van der Waals surface area contributed by atoms with Crippen molar-refractivity contribution in [1.29, 1.82) is 0 Å². The van der Waals surface area contributed by atoms with Crippen molar-refractivity contribution >= 4 is 28.2 Å². The van der Waals surface area contributed by atoms with Crippen molar-refractivity contribution in [3.8, 4) is 5.75 Å². The van der Waals surface area contributed by atoms with Gasteiger partial charge in [-0.2, -0.15) is 0 Å². The number of rotatable bonds is 5. The normalized spacial score (nSPS) is 22.6. The standard InChI is InChI=1S/C37H35N3O3/c41-36(43-24-26-13-5-2-6-14-26)40-20-19-37-18-10-9-15-28(37)32(40)21-27-29(37)22-33(42-23-25-11-3-1-4-12-25)35-34(27)38-30-16-7-8-17-31(30)39-35/h1-8,11-14,16-17,22,28,32H,9-10,15,18-21,23-24H2/t28?,32-,37-/m0/s1. The average Bonchev–Trinajstić information content (AvgIpc) is 3.06. The number of fused-ring (bicyclic) bond motifs is 4. The van der Waals surface area contributed by atoms with Crippen LogP contribution in [0.1, 0.15) is 54.4 Å². The van der Waals surface area contributed by atoms with Crippen molar-refractivity contribution in [3.63, 3.8) is 0 Å². The minimum atomic E-state index is -0.208. The SMILES string of the molecule is O=C(OCc1ccccc1)N1CC[C@@]23CCCCC2[C@@H]1Cc1c3cc(OCc2ccccc2)c2nc3ccccc3nc12. The lowest BCUT2D eigenvalue weighted by atomic mass is 9.52. The van der Waals surface area contributed by atoms with Crippen molar-refractivity contribution in [1.82, 2.24) is 14.9 Å². The van der Waals surface area contributed by atoms with Crippen LogP contribution in [0, 0.1) is 5.92 Å². The lowest BCUT2D eigenvalue weighted by molar-refractivity contribution is -0.0134. The van der Waals surface area contributed by atoms with E-state index >= 15 is 0 Å². The molecule has 6 heteroatoms. The number of aromatic nitrogens is 2. The summed E-state index contributed by atoms with van der Waals surface area (Å²) >= 11 is 0. The second-order valence-corrected chi connectivity index (χ2v) is 12.3. The molecule has 2 fully saturated rings. The topological polar surface area (TPSA) is 64.5 Å². The Morgan fingerprint density at radius 2 is 1.49 bits per heavy atom. The number of benzene rings is 4. The van der Waals surface area contributed by atoms with Gasteiger partial charge in [-0.15, -0.1) is 0 Å². The first-order valence-electron chi connectivity index (χ1n) is 15.6. The van der Waals surface area contributed by atoms with Crippen LogP contribution < -0.4 is 4.74 Å². The first-order chi connectivity index (χ1) is 21.2. The van der Waals surface area contributed by atoms with E-state index in [1.807, 2.05) is 77.7 Å². The number of carbonyl (C=O) groups is 1. The molecular weight excluding hydrogens is 534 g/mol. The van der Waals surface area contributed by atoms with E-state index in [1.54, 1.807) is 0 Å². The molecule has 3 aliphatic rings. The van der Waals surface area contributed by atoms with Gasteiger partial charge in [-0.05, 0) is 72.1 Å². The van der Waals surface area contributed by atoms with Crippen LogP contribution in [-0.2, 0) is 29.8 Å². The Hall–Kier alpha value is -4.45. The smallest absolute Gasteiger partial charge is 0.410 e. The fourth-order valence-corrected chi connectivity index (χ4v) is 8.09. The number of likely N-dealkylation sites (tertiary alicyclic amines) is 1. The summed E-state index contributed by atoms with van der Waals surface area (Å²) in [4.78, 5) is 26.0. The highest BCUT2D eigenvalue weighted by Crippen LogP contribution is 2.57. The van der Waals surface area contributed by atoms with Gasteiger partial charge in [0.2, 0.25) is 0 Å². The Morgan fingerprint density at radius 3 is 2.23 bits per heavy atom. The Morgan fingerprint density at radius 1 is 0.814 bits per heavy atom. The summed E-state index contributed by atoms with van der Waals surface area (Å²) < 4.78 is 12.5. The molecule has 4 aromatic carbocycles. The minimum absolute atomic E-state index is 0.000911. The molecule has 5 aromatic rings. The molecule has 43 heavy (non-hydrogen) atoms. The third-order valence-electron chi connectivity index (χ3n) is 10.1. The van der Waals surface area contributed by atoms with Crippen LogP contribution in [-0.4, -0.2) is 33.5 Å². The van der Waals surface area contributed by atoms with Crippen LogP contribution in [0.2, 0.25) is 0 Å². The number of hydrogen-bond donors (Lipinski definition) is 0. The number of carbonyl (C=O) groups excluding carboxylic acids is 1. The van der Waals surface area contributed by atoms with E-state index in [0.29, 0.717) is 19.1 Å². The van der Waals surface area contributed by atoms with E-state index in [9.17, 15) is 4.79 Å². The number of ether oxygens (including phenoxy) is 2. The van der Waals surface area contributed by atoms with Crippen LogP contribution in [0.25, 0.3) is 22.1 Å². The molecule has 1 aromatic heterocycles. The number of nitrogens with zero attached hydrogens (tertiary/aromatic N) is 3. The Kier molecular flexibility index (Phi) is 6.50. The first-order valence-corrected chi connectivity index (χ1v) is 15.6. The van der Waals surface area contributed by atoms with Crippen molar-refractivity contribution in [3.05, 3.63) is 113 Å². The van der Waals surface area contributed by atoms with Crippen LogP contribution in [0.4, 0.5) is 4.79 Å². The molecule has 8 rings (SSSR count). The summed E-state index contributed by atoms with van der Waals surface area (Å²) in [5.74, 6) is 1.19. The molecule has 2 heterocycles. The zero-order valence-corrected chi connectivity index (χ0v) is 24.2. The fraction of sp³-hybridized carbons (Fsp3) is 0.324. The van der Waals surface area contributed by atoms with E-state index < -0.39 is 0 Å². The third kappa shape index (κ3) is 4.51. The zero-order valence-electron chi connectivity index (χ0n) is 24.2. The molecule has 1 aliphatic heterocycles. The van der Waals surface area contributed by atoms with Gasteiger partial charge in [0, 0.05) is 18.0 Å². The van der Waals surface area contributed by atoms with E-state index in [-0.39, 0.29) is 24.2 Å². The van der Waals surface area contributed by atoms with Gasteiger partial charge in [-0.1, -0.05) is 85.6 Å². The van der Waals surface area contributed by atoms with Gasteiger partial charge >= 0.3 is 6.09 Å². The Balaban J connectivity index is 1.22. The molecule has 2 bridgehead atoms. The molecule has 2 aliphatic carbocycles. The second kappa shape index (κ2) is 10.7. The van der Waals surface area contributed by atoms with E-state index in [0.717, 1.165) is 64.6 Å². The van der Waals surface area contributed by atoms with Crippen LogP contribution >= 0.6 is 0 Å². The summed E-state index contributed by atoms with van der Waals surface area (Å²) in [6, 6.07) is 30.7. The summed E-state index contributed by atoms with van der Waals surface area (Å²) in [5, 5.41) is 0. The molecule has 1 saturated heterocycles. The fourth-order valence-electron chi connectivity index (χ4n) is 8.09. The first kappa shape index (κ1) is 26.2. The number of piperidine rings is 1. The maximum Gasteiger partial charge on any atom is 0.410 e. The monoisotopic (exact) mass is 569 g/mol. The maximum atomic E-state index is 13.6. The Labute approximate surface area is 251 Å². The molecule has 0 spiro atoms. The van der Waals surface area contributed by atoms with Gasteiger partial charge in [0.05, 0.1) is 16.6 Å². The van der Waals surface area contributed by atoms with Crippen LogP contribution in [0.15, 0.2) is 91.0 Å². The Bertz CT molecular complexity index is 1810. The summed E-state index contributed by atoms with van der Waals surface area (Å²) in [7, 11) is 0. The van der Waals surface area contributed by atoms with Gasteiger partial charge in [0.1, 0.15) is 24.5 Å². The molecule has 216 valence electrons. The van der Waals surface area contributed by atoms with E-state index in [4.69, 9.17) is 19.4 Å². The number of para-hydroxylation sites is 2. The molecule has 0 radical (unpaired) electrons. The lowest BCUT2D eigenvalue weighted by Crippen LogP contribution is -2.62. The molecule has 6 nitrogen and oxygen atoms in total. The average molecular weight is 570 g/mol. The van der Waals surface area contributed by atoms with Crippen molar-refractivity contribution < 1.29 is 14.3 Å². The van der Waals surface area contributed by atoms with Crippen LogP contribution in [0.3, 0.4) is 0 Å². The highest BCUT2D eigenvalue weighted by Gasteiger charge is 2.55. The maximum absolute atomic E-state index is 13.6. The highest BCUT2D eigenvalue weighted by molar-refractivity contribution is 5.93. The van der Waals surface area contributed by atoms with Crippen molar-refractivity contribution in [2.24, 2.45) is 5.92 Å². The number of hydrogen-bond acceptors (Lipinski definition) is 5. The molecule has 1 unspecified atom stereocenters. The molecule has 3 atom stereocenters. The second-order valence-electron chi connectivity index (χ2n) is 12.3. The molecule has 0 N–H and O–H groups in total. The van der Waals surface area contributed by atoms with Gasteiger partial charge < -0.3 is 14.4 Å². The zero-order chi connectivity index (χ0) is 28.8. The van der Waals surface area contributed by atoms with Gasteiger partial charge in [-0.25, -0.2) is 14.8 Å². The van der Waals surface area contributed by atoms with Gasteiger partial charge in [0.25, 0.3) is 0 Å². The number of amides is 1. The van der Waals surface area contributed by atoms with Crippen molar-refractivity contribution in [2.45, 2.75) is 63.2 Å². The van der Waals surface area contributed by atoms with E-state index in [2.05, 4.69) is 18.2 Å². The van der Waals surface area contributed by atoms with Crippen LogP contribution in [0.5, 0.6) is 5.75 Å². The summed E-state index contributed by atoms with van der Waals surface area (Å²) in [6.07, 6.45) is 6.10. The van der Waals surface area contributed by atoms with Gasteiger partial charge in [-0.3, -0.25) is 0 Å². The predicted molar refractivity (Wildman–Crippen MR) is 167 cm³/mol. The minimum Gasteiger partial charge on any atom is -0.487 e. The third-order valence-corrected chi connectivity index (χ3v) is 10.1. The summed E-state index contributed by atoms with van der Waals surface area (Å²) in [5.41, 5.74) is 8.17. The molecular formula is C37H35N3O3. The largest absolute Gasteiger partial charge is 0.487 e. The highest BCUT2D eigenvalue weighted by atomic mass is 16.6. The van der Waals surface area contributed by atoms with Crippen molar-refractivity contribution in [2.75, 3.05) is 6.54 Å². The quantitative estimate of drug-likeness (QED) is 0.203. The molecule has 1 saturated carbocycles. The predicted octanol–water partition coefficient (Wildman–Crippen LogP) is 7.76. The van der Waals surface area contributed by atoms with Gasteiger partial charge in [0.15, 0.2) is 0 Å². The van der Waals surface area contributed by atoms with E-state index in [1.165, 1.54) is 24.0 Å². The molecule has 1 amide bonds.